The van der Waals surface area contributed by atoms with Crippen LogP contribution in [0.5, 0.6) is 0 Å². The van der Waals surface area contributed by atoms with Crippen LogP contribution < -0.4 is 5.63 Å². The molecule has 4 rings (SSSR count). The monoisotopic (exact) mass is 317 g/mol. The first-order valence-corrected chi connectivity index (χ1v) is 8.32. The molecule has 0 amide bonds. The van der Waals surface area contributed by atoms with E-state index in [-0.39, 0.29) is 11.0 Å². The third kappa shape index (κ3) is 2.20. The SMILES string of the molecule is CC[C@]1(C)Cc2ccccc2-c2nc(-c3ccccc3)oc(=O)c21. The lowest BCUT2D eigenvalue weighted by atomic mass is 9.69. The van der Waals surface area contributed by atoms with E-state index in [2.05, 4.69) is 19.9 Å². The van der Waals surface area contributed by atoms with E-state index in [1.54, 1.807) is 0 Å². The third-order valence-electron chi connectivity index (χ3n) is 5.10. The van der Waals surface area contributed by atoms with Crippen LogP contribution in [0.15, 0.2) is 63.8 Å². The highest BCUT2D eigenvalue weighted by molar-refractivity contribution is 5.72. The smallest absolute Gasteiger partial charge is 0.343 e. The molecule has 0 bridgehead atoms. The normalized spacial score (nSPS) is 18.8. The van der Waals surface area contributed by atoms with Crippen molar-refractivity contribution in [2.24, 2.45) is 0 Å². The number of hydrogen-bond acceptors (Lipinski definition) is 3. The molecule has 3 nitrogen and oxygen atoms in total. The van der Waals surface area contributed by atoms with Crippen molar-refractivity contribution in [3.05, 3.63) is 76.1 Å². The van der Waals surface area contributed by atoms with Crippen LogP contribution in [-0.2, 0) is 11.8 Å². The fourth-order valence-electron chi connectivity index (χ4n) is 3.56. The maximum absolute atomic E-state index is 12.8. The minimum absolute atomic E-state index is 0.244. The van der Waals surface area contributed by atoms with Crippen LogP contribution in [0.4, 0.5) is 0 Å². The van der Waals surface area contributed by atoms with Crippen molar-refractivity contribution in [2.45, 2.75) is 32.1 Å². The highest BCUT2D eigenvalue weighted by atomic mass is 16.4. The zero-order chi connectivity index (χ0) is 16.7. The number of hydrogen-bond donors (Lipinski definition) is 0. The third-order valence-corrected chi connectivity index (χ3v) is 5.10. The van der Waals surface area contributed by atoms with Gasteiger partial charge in [0.05, 0.1) is 11.3 Å². The summed E-state index contributed by atoms with van der Waals surface area (Å²) in [6.45, 7) is 4.24. The molecule has 0 aliphatic heterocycles. The summed E-state index contributed by atoms with van der Waals surface area (Å²) in [4.78, 5) is 17.6. The van der Waals surface area contributed by atoms with Crippen LogP contribution in [0, 0.1) is 0 Å². The summed E-state index contributed by atoms with van der Waals surface area (Å²) in [6, 6.07) is 17.8. The van der Waals surface area contributed by atoms with Gasteiger partial charge in [0.2, 0.25) is 5.89 Å². The van der Waals surface area contributed by atoms with Crippen molar-refractivity contribution >= 4 is 0 Å². The number of fused-ring (bicyclic) bond motifs is 3. The summed E-state index contributed by atoms with van der Waals surface area (Å²) in [7, 11) is 0. The Kier molecular flexibility index (Phi) is 3.38. The van der Waals surface area contributed by atoms with Crippen LogP contribution in [0.2, 0.25) is 0 Å². The van der Waals surface area contributed by atoms with Crippen molar-refractivity contribution in [3.63, 3.8) is 0 Å². The molecule has 3 heteroatoms. The highest BCUT2D eigenvalue weighted by Crippen LogP contribution is 2.42. The molecule has 2 aromatic carbocycles. The van der Waals surface area contributed by atoms with E-state index < -0.39 is 0 Å². The zero-order valence-corrected chi connectivity index (χ0v) is 13.9. The van der Waals surface area contributed by atoms with Crippen molar-refractivity contribution in [1.29, 1.82) is 0 Å². The Balaban J connectivity index is 2.03. The van der Waals surface area contributed by atoms with Gasteiger partial charge in [-0.25, -0.2) is 9.78 Å². The second-order valence-electron chi connectivity index (χ2n) is 6.64. The Morgan fingerprint density at radius 3 is 2.54 bits per heavy atom. The largest absolute Gasteiger partial charge is 0.403 e. The molecule has 0 N–H and O–H groups in total. The standard InChI is InChI=1S/C21H19NO2/c1-3-21(2)13-15-11-7-8-12-16(15)18-17(21)20(23)24-19(22-18)14-9-5-4-6-10-14/h4-12H,3,13H2,1-2H3/t21-/m1/s1. The molecule has 120 valence electrons. The van der Waals surface area contributed by atoms with Gasteiger partial charge in [-0.1, -0.05) is 56.3 Å². The minimum Gasteiger partial charge on any atom is -0.403 e. The number of nitrogens with zero attached hydrogens (tertiary/aromatic N) is 1. The topological polar surface area (TPSA) is 43.1 Å². The summed E-state index contributed by atoms with van der Waals surface area (Å²) >= 11 is 0. The first-order chi connectivity index (χ1) is 11.6. The molecule has 1 aromatic heterocycles. The van der Waals surface area contributed by atoms with E-state index in [9.17, 15) is 4.79 Å². The number of aromatic nitrogens is 1. The predicted octanol–water partition coefficient (Wildman–Crippen LogP) is 4.59. The maximum atomic E-state index is 12.8. The van der Waals surface area contributed by atoms with E-state index in [0.717, 1.165) is 29.7 Å². The molecule has 0 saturated heterocycles. The van der Waals surface area contributed by atoms with Gasteiger partial charge in [0.25, 0.3) is 0 Å². The molecule has 1 heterocycles. The van der Waals surface area contributed by atoms with Gasteiger partial charge in [-0.3, -0.25) is 0 Å². The molecule has 0 unspecified atom stereocenters. The summed E-state index contributed by atoms with van der Waals surface area (Å²) < 4.78 is 5.61. The zero-order valence-electron chi connectivity index (χ0n) is 13.9. The van der Waals surface area contributed by atoms with Crippen LogP contribution in [0.1, 0.15) is 31.4 Å². The first kappa shape index (κ1) is 14.9. The molecule has 0 fully saturated rings. The van der Waals surface area contributed by atoms with Gasteiger partial charge in [-0.15, -0.1) is 0 Å². The fourth-order valence-corrected chi connectivity index (χ4v) is 3.56. The fraction of sp³-hybridized carbons (Fsp3) is 0.238. The maximum Gasteiger partial charge on any atom is 0.343 e. The Bertz CT molecular complexity index is 959. The van der Waals surface area contributed by atoms with Gasteiger partial charge >= 0.3 is 5.63 Å². The predicted molar refractivity (Wildman–Crippen MR) is 95.0 cm³/mol. The van der Waals surface area contributed by atoms with E-state index >= 15 is 0 Å². The first-order valence-electron chi connectivity index (χ1n) is 8.32. The molecular formula is C21H19NO2. The van der Waals surface area contributed by atoms with Gasteiger partial charge in [-0.05, 0) is 30.5 Å². The molecule has 24 heavy (non-hydrogen) atoms. The molecular weight excluding hydrogens is 298 g/mol. The molecule has 1 atom stereocenters. The summed E-state index contributed by atoms with van der Waals surface area (Å²) in [6.07, 6.45) is 1.70. The lowest BCUT2D eigenvalue weighted by Crippen LogP contribution is -2.35. The molecule has 0 spiro atoms. The van der Waals surface area contributed by atoms with E-state index in [4.69, 9.17) is 9.40 Å². The minimum atomic E-state index is -0.266. The van der Waals surface area contributed by atoms with Gasteiger partial charge in [0, 0.05) is 16.5 Å². The Hall–Kier alpha value is -2.68. The Morgan fingerprint density at radius 2 is 1.79 bits per heavy atom. The second kappa shape index (κ2) is 5.45. The lowest BCUT2D eigenvalue weighted by Gasteiger charge is -2.34. The van der Waals surface area contributed by atoms with Gasteiger partial charge in [-0.2, -0.15) is 0 Å². The van der Waals surface area contributed by atoms with E-state index in [0.29, 0.717) is 11.5 Å². The summed E-state index contributed by atoms with van der Waals surface area (Å²) in [5.41, 5.74) is 4.08. The van der Waals surface area contributed by atoms with Crippen molar-refractivity contribution < 1.29 is 4.42 Å². The molecule has 3 aromatic rings. The van der Waals surface area contributed by atoms with Gasteiger partial charge < -0.3 is 4.42 Å². The van der Waals surface area contributed by atoms with Crippen LogP contribution in [0.3, 0.4) is 0 Å². The Morgan fingerprint density at radius 1 is 1.08 bits per heavy atom. The highest BCUT2D eigenvalue weighted by Gasteiger charge is 2.38. The average molecular weight is 317 g/mol. The van der Waals surface area contributed by atoms with E-state index in [1.165, 1.54) is 5.56 Å². The lowest BCUT2D eigenvalue weighted by molar-refractivity contribution is 0.404. The molecule has 0 radical (unpaired) electrons. The second-order valence-corrected chi connectivity index (χ2v) is 6.64. The van der Waals surface area contributed by atoms with Gasteiger partial charge in [0.1, 0.15) is 0 Å². The molecule has 1 aliphatic rings. The van der Waals surface area contributed by atoms with Crippen LogP contribution in [0.25, 0.3) is 22.7 Å². The molecule has 0 saturated carbocycles. The summed E-state index contributed by atoms with van der Waals surface area (Å²) in [5, 5.41) is 0. The number of rotatable bonds is 2. The van der Waals surface area contributed by atoms with Crippen LogP contribution in [-0.4, -0.2) is 4.98 Å². The Labute approximate surface area is 141 Å². The van der Waals surface area contributed by atoms with Crippen molar-refractivity contribution in [1.82, 2.24) is 4.98 Å². The van der Waals surface area contributed by atoms with E-state index in [1.807, 2.05) is 48.5 Å². The van der Waals surface area contributed by atoms with Crippen molar-refractivity contribution in [3.8, 4) is 22.7 Å². The van der Waals surface area contributed by atoms with Crippen LogP contribution >= 0.6 is 0 Å². The molecule has 1 aliphatic carbocycles. The average Bonchev–Trinajstić information content (AvgIpc) is 2.62. The quantitative estimate of drug-likeness (QED) is 0.694. The van der Waals surface area contributed by atoms with Crippen molar-refractivity contribution in [2.75, 3.05) is 0 Å². The summed E-state index contributed by atoms with van der Waals surface area (Å²) in [5.74, 6) is 0.384. The van der Waals surface area contributed by atoms with Gasteiger partial charge in [0.15, 0.2) is 0 Å². The number of benzene rings is 2.